The normalized spacial score (nSPS) is 12.5. The number of nitrogens with one attached hydrogen (secondary N) is 1. The lowest BCUT2D eigenvalue weighted by atomic mass is 9.87. The highest BCUT2D eigenvalue weighted by atomic mass is 19.1. The van der Waals surface area contributed by atoms with Crippen LogP contribution in [0, 0.1) is 23.5 Å². The lowest BCUT2D eigenvalue weighted by Crippen LogP contribution is -2.40. The molecule has 0 spiro atoms. The molecule has 1 amide bonds. The topological polar surface area (TPSA) is 82.2 Å². The van der Waals surface area contributed by atoms with Crippen LogP contribution in [0.25, 0.3) is 11.3 Å². The first-order chi connectivity index (χ1) is 16.2. The van der Waals surface area contributed by atoms with Gasteiger partial charge < -0.3 is 20.4 Å². The Morgan fingerprint density at radius 2 is 1.91 bits per heavy atom. The van der Waals surface area contributed by atoms with Crippen LogP contribution in [-0.2, 0) is 16.1 Å². The van der Waals surface area contributed by atoms with Crippen LogP contribution in [0.15, 0.2) is 54.7 Å². The third kappa shape index (κ3) is 6.95. The van der Waals surface area contributed by atoms with E-state index >= 15 is 0 Å². The Balaban J connectivity index is 1.82. The summed E-state index contributed by atoms with van der Waals surface area (Å²) < 4.78 is 34.4. The van der Waals surface area contributed by atoms with E-state index in [-0.39, 0.29) is 23.6 Å². The summed E-state index contributed by atoms with van der Waals surface area (Å²) in [5, 5.41) is 2.91. The van der Waals surface area contributed by atoms with Gasteiger partial charge in [0.1, 0.15) is 17.5 Å². The quantitative estimate of drug-likeness (QED) is 0.446. The van der Waals surface area contributed by atoms with Gasteiger partial charge in [-0.05, 0) is 36.2 Å². The Hall–Kier alpha value is -3.10. The Labute approximate surface area is 199 Å². The molecule has 8 heteroatoms. The number of methoxy groups -OCH3 is 1. The van der Waals surface area contributed by atoms with Crippen LogP contribution in [-0.4, -0.2) is 41.8 Å². The van der Waals surface area contributed by atoms with Crippen molar-refractivity contribution in [1.29, 1.82) is 0 Å². The van der Waals surface area contributed by atoms with Crippen LogP contribution >= 0.6 is 0 Å². The number of hydrogen-bond acceptors (Lipinski definition) is 4. The molecular formula is C26H31F2N4O2. The maximum atomic E-state index is 13.8. The highest BCUT2D eigenvalue weighted by molar-refractivity contribution is 5.83. The Bertz CT molecular complexity index is 1110. The second-order valence-corrected chi connectivity index (χ2v) is 8.88. The number of nitrogens with zero attached hydrogens (tertiary/aromatic N) is 2. The molecule has 3 rings (SSSR count). The van der Waals surface area contributed by atoms with Crippen molar-refractivity contribution in [2.24, 2.45) is 11.1 Å². The first-order valence-electron chi connectivity index (χ1n) is 11.1. The Kier molecular flexibility index (Phi) is 8.52. The summed E-state index contributed by atoms with van der Waals surface area (Å²) in [6.07, 6.45) is 4.14. The number of aromatic nitrogens is 2. The van der Waals surface area contributed by atoms with Gasteiger partial charge in [-0.2, -0.15) is 0 Å². The predicted molar refractivity (Wildman–Crippen MR) is 128 cm³/mol. The molecule has 0 saturated carbocycles. The average Bonchev–Trinajstić information content (AvgIpc) is 3.15. The molecule has 0 unspecified atom stereocenters. The summed E-state index contributed by atoms with van der Waals surface area (Å²) >= 11 is 0. The molecule has 1 radical (unpaired) electrons. The molecule has 2 aromatic carbocycles. The smallest absolute Gasteiger partial charge is 0.226 e. The summed E-state index contributed by atoms with van der Waals surface area (Å²) in [5.41, 5.74) is 6.95. The Morgan fingerprint density at radius 3 is 2.59 bits per heavy atom. The summed E-state index contributed by atoms with van der Waals surface area (Å²) in [7, 11) is 1.58. The second kappa shape index (κ2) is 11.4. The van der Waals surface area contributed by atoms with Gasteiger partial charge in [0.15, 0.2) is 0 Å². The lowest BCUT2D eigenvalue weighted by Gasteiger charge is -2.24. The summed E-state index contributed by atoms with van der Waals surface area (Å²) in [4.78, 5) is 17.6. The third-order valence-corrected chi connectivity index (χ3v) is 5.43. The zero-order valence-corrected chi connectivity index (χ0v) is 19.7. The predicted octanol–water partition coefficient (Wildman–Crippen LogP) is 3.94. The van der Waals surface area contributed by atoms with Gasteiger partial charge in [0.25, 0.3) is 0 Å². The van der Waals surface area contributed by atoms with E-state index in [0.29, 0.717) is 43.2 Å². The minimum atomic E-state index is -0.893. The second-order valence-electron chi connectivity index (χ2n) is 8.88. The minimum Gasteiger partial charge on any atom is -0.383 e. The number of carbonyl (C=O) groups excluding carboxylic acids is 1. The fraction of sp³-hybridized carbons (Fsp3) is 0.346. The standard InChI is InChI=1S/C26H31F2N4O2/c1-26(2,25(33)30-11-10-22(29)17-34-3)14-24-31-23(19-7-5-9-21(28)13-19)16-32(24)15-18-6-4-8-20(27)12-18/h4-9,12-14,16,22H,10-11,15,17,29H2,1-3H3,(H,30,33)/t22-/m1/s1. The summed E-state index contributed by atoms with van der Waals surface area (Å²) in [6, 6.07) is 12.3. The number of ether oxygens (including phenoxy) is 1. The highest BCUT2D eigenvalue weighted by Gasteiger charge is 2.30. The van der Waals surface area contributed by atoms with Crippen molar-refractivity contribution in [3.63, 3.8) is 0 Å². The van der Waals surface area contributed by atoms with Crippen LogP contribution in [0.2, 0.25) is 0 Å². The molecule has 0 aliphatic carbocycles. The molecule has 3 aromatic rings. The van der Waals surface area contributed by atoms with E-state index in [0.717, 1.165) is 5.56 Å². The van der Waals surface area contributed by atoms with Crippen molar-refractivity contribution >= 4 is 5.91 Å². The molecule has 0 aliphatic heterocycles. The molecule has 34 heavy (non-hydrogen) atoms. The number of amides is 1. The van der Waals surface area contributed by atoms with Gasteiger partial charge in [0.05, 0.1) is 17.7 Å². The van der Waals surface area contributed by atoms with Gasteiger partial charge in [-0.25, -0.2) is 13.8 Å². The van der Waals surface area contributed by atoms with Gasteiger partial charge in [-0.3, -0.25) is 4.79 Å². The molecule has 3 N–H and O–H groups in total. The zero-order valence-electron chi connectivity index (χ0n) is 19.7. The molecule has 1 atom stereocenters. The lowest BCUT2D eigenvalue weighted by molar-refractivity contribution is -0.127. The van der Waals surface area contributed by atoms with Crippen LogP contribution in [0.4, 0.5) is 8.78 Å². The van der Waals surface area contributed by atoms with Crippen molar-refractivity contribution < 1.29 is 18.3 Å². The molecule has 181 valence electrons. The van der Waals surface area contributed by atoms with Gasteiger partial charge in [0, 0.05) is 44.4 Å². The monoisotopic (exact) mass is 469 g/mol. The molecular weight excluding hydrogens is 438 g/mol. The number of halogens is 2. The number of rotatable bonds is 11. The molecule has 1 aromatic heterocycles. The summed E-state index contributed by atoms with van der Waals surface area (Å²) in [5.74, 6) is -0.349. The fourth-order valence-electron chi connectivity index (χ4n) is 3.58. The Morgan fingerprint density at radius 1 is 1.21 bits per heavy atom. The SMILES string of the molecule is COC[C@H](N)CCNC(=O)C(C)(C)[CH]c1nc(-c2cccc(F)c2)cn1Cc1cccc(F)c1. The highest BCUT2D eigenvalue weighted by Crippen LogP contribution is 2.28. The number of imidazole rings is 1. The van der Waals surface area contributed by atoms with Crippen LogP contribution in [0.3, 0.4) is 0 Å². The van der Waals surface area contributed by atoms with E-state index in [2.05, 4.69) is 10.3 Å². The van der Waals surface area contributed by atoms with Crippen LogP contribution in [0.5, 0.6) is 0 Å². The van der Waals surface area contributed by atoms with E-state index in [9.17, 15) is 13.6 Å². The first kappa shape index (κ1) is 25.5. The van der Waals surface area contributed by atoms with E-state index in [1.807, 2.05) is 10.6 Å². The average molecular weight is 470 g/mol. The molecule has 0 bridgehead atoms. The first-order valence-corrected chi connectivity index (χ1v) is 11.1. The van der Waals surface area contributed by atoms with Crippen molar-refractivity contribution in [3.05, 3.63) is 84.2 Å². The van der Waals surface area contributed by atoms with Gasteiger partial charge >= 0.3 is 0 Å². The number of carbonyl (C=O) groups is 1. The van der Waals surface area contributed by atoms with Gasteiger partial charge in [-0.1, -0.05) is 38.1 Å². The number of hydrogen-bond donors (Lipinski definition) is 2. The number of nitrogens with two attached hydrogens (primary N) is 1. The third-order valence-electron chi connectivity index (χ3n) is 5.43. The fourth-order valence-corrected chi connectivity index (χ4v) is 3.58. The molecule has 0 fully saturated rings. The van der Waals surface area contributed by atoms with E-state index < -0.39 is 5.41 Å². The molecule has 6 nitrogen and oxygen atoms in total. The maximum absolute atomic E-state index is 13.8. The molecule has 0 aliphatic rings. The van der Waals surface area contributed by atoms with E-state index in [1.165, 1.54) is 24.3 Å². The molecule has 0 saturated heterocycles. The minimum absolute atomic E-state index is 0.156. The van der Waals surface area contributed by atoms with E-state index in [1.54, 1.807) is 51.8 Å². The van der Waals surface area contributed by atoms with Gasteiger partial charge in [-0.15, -0.1) is 0 Å². The molecule has 1 heterocycles. The largest absolute Gasteiger partial charge is 0.383 e. The van der Waals surface area contributed by atoms with Crippen molar-refractivity contribution in [1.82, 2.24) is 14.9 Å². The maximum Gasteiger partial charge on any atom is 0.226 e. The van der Waals surface area contributed by atoms with Crippen molar-refractivity contribution in [2.75, 3.05) is 20.3 Å². The summed E-state index contributed by atoms with van der Waals surface area (Å²) in [6.45, 7) is 4.77. The number of benzene rings is 2. The van der Waals surface area contributed by atoms with Crippen LogP contribution in [0.1, 0.15) is 31.7 Å². The van der Waals surface area contributed by atoms with Crippen LogP contribution < -0.4 is 11.1 Å². The van der Waals surface area contributed by atoms with Crippen molar-refractivity contribution in [2.45, 2.75) is 32.9 Å². The zero-order chi connectivity index (χ0) is 24.7. The van der Waals surface area contributed by atoms with Crippen molar-refractivity contribution in [3.8, 4) is 11.3 Å². The van der Waals surface area contributed by atoms with Gasteiger partial charge in [0.2, 0.25) is 5.91 Å². The van der Waals surface area contributed by atoms with E-state index in [4.69, 9.17) is 10.5 Å².